The van der Waals surface area contributed by atoms with Crippen LogP contribution in [-0.2, 0) is 12.0 Å². The quantitative estimate of drug-likeness (QED) is 0.589. The molecule has 1 aliphatic carbocycles. The van der Waals surface area contributed by atoms with Crippen molar-refractivity contribution < 1.29 is 4.52 Å². The van der Waals surface area contributed by atoms with Gasteiger partial charge in [0.2, 0.25) is 5.89 Å². The van der Waals surface area contributed by atoms with Crippen LogP contribution in [0, 0.1) is 6.92 Å². The minimum absolute atomic E-state index is 0.166. The van der Waals surface area contributed by atoms with Crippen LogP contribution in [0.15, 0.2) is 38.3 Å². The summed E-state index contributed by atoms with van der Waals surface area (Å²) in [4.78, 5) is 8.50. The van der Waals surface area contributed by atoms with E-state index in [0.717, 1.165) is 17.0 Å². The molecule has 0 amide bonds. The predicted octanol–water partition coefficient (Wildman–Crippen LogP) is 3.32. The zero-order valence-electron chi connectivity index (χ0n) is 14.7. The molecule has 0 saturated heterocycles. The maximum absolute atomic E-state index is 5.13. The number of halogens is 1. The van der Waals surface area contributed by atoms with Crippen LogP contribution in [0.2, 0.25) is 0 Å². The molecule has 0 unspecified atom stereocenters. The molecule has 1 saturated carbocycles. The van der Waals surface area contributed by atoms with Crippen molar-refractivity contribution in [3.05, 3.63) is 46.0 Å². The van der Waals surface area contributed by atoms with E-state index >= 15 is 0 Å². The molecule has 0 aliphatic heterocycles. The van der Waals surface area contributed by atoms with Gasteiger partial charge in [-0.2, -0.15) is 4.98 Å². The first-order chi connectivity index (χ1) is 12.1. The minimum atomic E-state index is 0.166. The van der Waals surface area contributed by atoms with Crippen molar-refractivity contribution in [1.29, 1.82) is 0 Å². The zero-order valence-corrected chi connectivity index (χ0v) is 16.3. The highest BCUT2D eigenvalue weighted by Crippen LogP contribution is 2.40. The normalized spacial score (nSPS) is 16.8. The third-order valence-corrected chi connectivity index (χ3v) is 5.34. The zero-order chi connectivity index (χ0) is 17.7. The molecule has 134 valence electrons. The highest BCUT2D eigenvalue weighted by molar-refractivity contribution is 9.10. The molecular weight excluding hydrogens is 382 g/mol. The molecular formula is C18H24BrN5O. The SMILES string of the molecule is CN=C(NCc1nc(C)no1)NCC1(c2ccc(Br)cc2)CCCC1. The van der Waals surface area contributed by atoms with Crippen molar-refractivity contribution in [2.75, 3.05) is 13.6 Å². The largest absolute Gasteiger partial charge is 0.356 e. The van der Waals surface area contributed by atoms with E-state index in [1.807, 2.05) is 6.92 Å². The van der Waals surface area contributed by atoms with E-state index in [-0.39, 0.29) is 5.41 Å². The van der Waals surface area contributed by atoms with Gasteiger partial charge in [0.15, 0.2) is 11.8 Å². The van der Waals surface area contributed by atoms with Crippen LogP contribution in [-0.4, -0.2) is 29.7 Å². The van der Waals surface area contributed by atoms with Gasteiger partial charge in [-0.25, -0.2) is 0 Å². The summed E-state index contributed by atoms with van der Waals surface area (Å²) >= 11 is 3.52. The smallest absolute Gasteiger partial charge is 0.246 e. The Labute approximate surface area is 156 Å². The molecule has 25 heavy (non-hydrogen) atoms. The van der Waals surface area contributed by atoms with Crippen molar-refractivity contribution in [2.24, 2.45) is 4.99 Å². The molecule has 0 spiro atoms. The Hall–Kier alpha value is -1.89. The van der Waals surface area contributed by atoms with Gasteiger partial charge >= 0.3 is 0 Å². The lowest BCUT2D eigenvalue weighted by molar-refractivity contribution is 0.370. The van der Waals surface area contributed by atoms with Crippen LogP contribution in [0.1, 0.15) is 43.0 Å². The Morgan fingerprint density at radius 1 is 1.24 bits per heavy atom. The van der Waals surface area contributed by atoms with Gasteiger partial charge in [0.25, 0.3) is 0 Å². The average molecular weight is 406 g/mol. The Kier molecular flexibility index (Phi) is 5.73. The van der Waals surface area contributed by atoms with E-state index in [4.69, 9.17) is 4.52 Å². The number of aryl methyl sites for hydroxylation is 1. The van der Waals surface area contributed by atoms with Gasteiger partial charge < -0.3 is 15.2 Å². The Morgan fingerprint density at radius 2 is 1.96 bits per heavy atom. The van der Waals surface area contributed by atoms with E-state index in [9.17, 15) is 0 Å². The molecule has 1 aliphatic rings. The summed E-state index contributed by atoms with van der Waals surface area (Å²) in [5.74, 6) is 1.95. The highest BCUT2D eigenvalue weighted by atomic mass is 79.9. The number of nitrogens with one attached hydrogen (secondary N) is 2. The third-order valence-electron chi connectivity index (χ3n) is 4.81. The van der Waals surface area contributed by atoms with Crippen LogP contribution in [0.3, 0.4) is 0 Å². The molecule has 7 heteroatoms. The predicted molar refractivity (Wildman–Crippen MR) is 102 cm³/mol. The van der Waals surface area contributed by atoms with Gasteiger partial charge in [-0.1, -0.05) is 46.1 Å². The fraction of sp³-hybridized carbons (Fsp3) is 0.500. The van der Waals surface area contributed by atoms with Crippen LogP contribution in [0.4, 0.5) is 0 Å². The topological polar surface area (TPSA) is 75.3 Å². The molecule has 2 aromatic rings. The number of rotatable bonds is 5. The molecule has 0 bridgehead atoms. The van der Waals surface area contributed by atoms with E-state index in [0.29, 0.717) is 18.3 Å². The molecule has 1 heterocycles. The van der Waals surface area contributed by atoms with E-state index in [1.165, 1.54) is 31.2 Å². The molecule has 3 rings (SSSR count). The first-order valence-corrected chi connectivity index (χ1v) is 9.40. The van der Waals surface area contributed by atoms with Gasteiger partial charge in [0.05, 0.1) is 6.54 Å². The van der Waals surface area contributed by atoms with Crippen molar-refractivity contribution in [3.63, 3.8) is 0 Å². The number of aliphatic imine (C=N–C) groups is 1. The second-order valence-electron chi connectivity index (χ2n) is 6.51. The molecule has 2 N–H and O–H groups in total. The van der Waals surface area contributed by atoms with Crippen LogP contribution >= 0.6 is 15.9 Å². The van der Waals surface area contributed by atoms with Crippen molar-refractivity contribution >= 4 is 21.9 Å². The first kappa shape index (κ1) is 17.9. The lowest BCUT2D eigenvalue weighted by atomic mass is 9.79. The van der Waals surface area contributed by atoms with Crippen LogP contribution in [0.25, 0.3) is 0 Å². The standard InChI is InChI=1S/C18H24BrN5O/c1-13-23-16(25-24-13)11-21-17(20-2)22-12-18(9-3-4-10-18)14-5-7-15(19)8-6-14/h5-8H,3-4,9-12H2,1-2H3,(H2,20,21,22). The van der Waals surface area contributed by atoms with Crippen molar-refractivity contribution in [1.82, 2.24) is 20.8 Å². The van der Waals surface area contributed by atoms with E-state index < -0.39 is 0 Å². The summed E-state index contributed by atoms with van der Waals surface area (Å²) in [6.07, 6.45) is 4.93. The van der Waals surface area contributed by atoms with Crippen molar-refractivity contribution in [3.8, 4) is 0 Å². The second-order valence-corrected chi connectivity index (χ2v) is 7.42. The number of benzene rings is 1. The number of guanidine groups is 1. The lowest BCUT2D eigenvalue weighted by Gasteiger charge is -2.30. The summed E-state index contributed by atoms with van der Waals surface area (Å²) in [5.41, 5.74) is 1.56. The van der Waals surface area contributed by atoms with E-state index in [2.05, 4.69) is 66.0 Å². The number of hydrogen-bond acceptors (Lipinski definition) is 4. The monoisotopic (exact) mass is 405 g/mol. The summed E-state index contributed by atoms with van der Waals surface area (Å²) in [5, 5.41) is 10.5. The Morgan fingerprint density at radius 3 is 2.56 bits per heavy atom. The van der Waals surface area contributed by atoms with Gasteiger partial charge in [-0.3, -0.25) is 4.99 Å². The summed E-state index contributed by atoms with van der Waals surface area (Å²) < 4.78 is 6.24. The number of hydrogen-bond donors (Lipinski definition) is 2. The molecule has 1 fully saturated rings. The lowest BCUT2D eigenvalue weighted by Crippen LogP contribution is -2.44. The summed E-state index contributed by atoms with van der Waals surface area (Å²) in [6, 6.07) is 8.71. The fourth-order valence-electron chi connectivity index (χ4n) is 3.47. The van der Waals surface area contributed by atoms with Gasteiger partial charge in [0, 0.05) is 23.5 Å². The maximum Gasteiger partial charge on any atom is 0.246 e. The summed E-state index contributed by atoms with van der Waals surface area (Å²) in [6.45, 7) is 3.13. The summed E-state index contributed by atoms with van der Waals surface area (Å²) in [7, 11) is 1.77. The molecule has 0 radical (unpaired) electrons. The third kappa shape index (κ3) is 4.39. The molecule has 0 atom stereocenters. The molecule has 6 nitrogen and oxygen atoms in total. The number of nitrogens with zero attached hydrogens (tertiary/aromatic N) is 3. The van der Waals surface area contributed by atoms with Crippen molar-refractivity contribution in [2.45, 2.75) is 44.6 Å². The van der Waals surface area contributed by atoms with Gasteiger partial charge in [0.1, 0.15) is 0 Å². The first-order valence-electron chi connectivity index (χ1n) is 8.61. The Balaban J connectivity index is 1.63. The fourth-order valence-corrected chi connectivity index (χ4v) is 3.73. The average Bonchev–Trinajstić information content (AvgIpc) is 3.25. The minimum Gasteiger partial charge on any atom is -0.356 e. The highest BCUT2D eigenvalue weighted by Gasteiger charge is 2.35. The Bertz CT molecular complexity index is 719. The maximum atomic E-state index is 5.13. The second kappa shape index (κ2) is 7.99. The van der Waals surface area contributed by atoms with Crippen LogP contribution < -0.4 is 10.6 Å². The number of aromatic nitrogens is 2. The van der Waals surface area contributed by atoms with Gasteiger partial charge in [-0.15, -0.1) is 0 Å². The van der Waals surface area contributed by atoms with E-state index in [1.54, 1.807) is 7.05 Å². The van der Waals surface area contributed by atoms with Gasteiger partial charge in [-0.05, 0) is 37.5 Å². The molecule has 1 aromatic heterocycles. The van der Waals surface area contributed by atoms with Crippen LogP contribution in [0.5, 0.6) is 0 Å². The molecule has 1 aromatic carbocycles.